The molecule has 2 unspecified atom stereocenters. The molecule has 4 rings (SSSR count). The van der Waals surface area contributed by atoms with Gasteiger partial charge in [-0.3, -0.25) is 0 Å². The van der Waals surface area contributed by atoms with Crippen molar-refractivity contribution >= 4 is 15.8 Å². The van der Waals surface area contributed by atoms with Gasteiger partial charge in [0.15, 0.2) is 0 Å². The predicted molar refractivity (Wildman–Crippen MR) is 117 cm³/mol. The van der Waals surface area contributed by atoms with Crippen LogP contribution < -0.4 is 14.4 Å². The van der Waals surface area contributed by atoms with Crippen LogP contribution in [0.3, 0.4) is 0 Å². The first-order valence-electron chi connectivity index (χ1n) is 10.8. The van der Waals surface area contributed by atoms with Gasteiger partial charge in [0, 0.05) is 31.2 Å². The van der Waals surface area contributed by atoms with Crippen LogP contribution in [0, 0.1) is 0 Å². The number of alkyl halides is 3. The minimum atomic E-state index is -5.69. The van der Waals surface area contributed by atoms with Crippen LogP contribution in [0.25, 0.3) is 0 Å². The Kier molecular flexibility index (Phi) is 6.15. The van der Waals surface area contributed by atoms with Crippen LogP contribution in [0.2, 0.25) is 0 Å². The van der Waals surface area contributed by atoms with Crippen LogP contribution in [-0.4, -0.2) is 39.1 Å². The monoisotopic (exact) mass is 468 g/mol. The minimum absolute atomic E-state index is 0.199. The zero-order chi connectivity index (χ0) is 23.0. The van der Waals surface area contributed by atoms with E-state index in [1.807, 2.05) is 0 Å². The lowest BCUT2D eigenvalue weighted by atomic mass is 9.68. The molecule has 2 aromatic rings. The number of hydrogen-bond donors (Lipinski definition) is 1. The van der Waals surface area contributed by atoms with Crippen LogP contribution in [0.15, 0.2) is 48.5 Å². The molecule has 32 heavy (non-hydrogen) atoms. The zero-order valence-electron chi connectivity index (χ0n) is 17.9. The maximum Gasteiger partial charge on any atom is 0.534 e. The van der Waals surface area contributed by atoms with Crippen molar-refractivity contribution in [3.05, 3.63) is 59.7 Å². The number of anilines is 1. The first kappa shape index (κ1) is 22.9. The Morgan fingerprint density at radius 1 is 1.16 bits per heavy atom. The molecule has 1 aliphatic heterocycles. The summed E-state index contributed by atoms with van der Waals surface area (Å²) in [5.41, 5.74) is -2.08. The Morgan fingerprint density at radius 3 is 2.56 bits per heavy atom. The van der Waals surface area contributed by atoms with E-state index in [-0.39, 0.29) is 11.3 Å². The molecule has 1 fully saturated rings. The summed E-state index contributed by atoms with van der Waals surface area (Å²) >= 11 is 0. The molecule has 5 nitrogen and oxygen atoms in total. The number of hydrogen-bond acceptors (Lipinski definition) is 5. The van der Waals surface area contributed by atoms with Crippen molar-refractivity contribution in [1.82, 2.24) is 5.32 Å². The fraction of sp³-hybridized carbons (Fsp3) is 0.478. The highest BCUT2D eigenvalue weighted by molar-refractivity contribution is 7.88. The number of nitrogens with zero attached hydrogens (tertiary/aromatic N) is 1. The molecule has 2 aromatic carbocycles. The van der Waals surface area contributed by atoms with Crippen LogP contribution in [0.1, 0.15) is 43.2 Å². The molecular formula is C23H27F3N2O3S. The van der Waals surface area contributed by atoms with Gasteiger partial charge in [-0.2, -0.15) is 21.6 Å². The van der Waals surface area contributed by atoms with Gasteiger partial charge in [0.1, 0.15) is 5.75 Å². The van der Waals surface area contributed by atoms with Crippen molar-refractivity contribution in [3.8, 4) is 5.75 Å². The number of nitrogens with one attached hydrogen (secondary N) is 1. The van der Waals surface area contributed by atoms with Crippen LogP contribution in [-0.2, 0) is 16.5 Å². The molecule has 9 heteroatoms. The second-order valence-electron chi connectivity index (χ2n) is 8.41. The normalized spacial score (nSPS) is 24.1. The van der Waals surface area contributed by atoms with Crippen molar-refractivity contribution in [2.45, 2.75) is 49.6 Å². The van der Waals surface area contributed by atoms with Gasteiger partial charge < -0.3 is 14.4 Å². The fourth-order valence-corrected chi connectivity index (χ4v) is 5.70. The summed E-state index contributed by atoms with van der Waals surface area (Å²) in [5, 5.41) is 3.54. The quantitative estimate of drug-likeness (QED) is 0.514. The van der Waals surface area contributed by atoms with E-state index in [2.05, 4.69) is 45.6 Å². The zero-order valence-corrected chi connectivity index (χ0v) is 18.7. The molecule has 0 aromatic heterocycles. The lowest BCUT2D eigenvalue weighted by Crippen LogP contribution is -2.64. The number of piperazine rings is 1. The number of benzene rings is 2. The molecule has 2 atom stereocenters. The van der Waals surface area contributed by atoms with Gasteiger partial charge in [0.2, 0.25) is 0 Å². The molecule has 1 heterocycles. The summed E-state index contributed by atoms with van der Waals surface area (Å²) in [6.07, 6.45) is 4.13. The fourth-order valence-electron chi connectivity index (χ4n) is 5.24. The van der Waals surface area contributed by atoms with Crippen molar-refractivity contribution in [3.63, 3.8) is 0 Å². The second kappa shape index (κ2) is 8.59. The van der Waals surface area contributed by atoms with Gasteiger partial charge in [-0.1, -0.05) is 31.2 Å². The highest BCUT2D eigenvalue weighted by Crippen LogP contribution is 2.46. The summed E-state index contributed by atoms with van der Waals surface area (Å²) in [7, 11) is -5.69. The molecule has 0 radical (unpaired) electrons. The van der Waals surface area contributed by atoms with E-state index in [1.165, 1.54) is 23.3 Å². The van der Waals surface area contributed by atoms with Crippen LogP contribution >= 0.6 is 0 Å². The molecule has 174 valence electrons. The lowest BCUT2D eigenvalue weighted by Gasteiger charge is -2.54. The third-order valence-corrected chi connectivity index (χ3v) is 7.73. The molecular weight excluding hydrogens is 441 g/mol. The lowest BCUT2D eigenvalue weighted by molar-refractivity contribution is -0.0500. The van der Waals surface area contributed by atoms with E-state index in [0.29, 0.717) is 5.92 Å². The first-order chi connectivity index (χ1) is 15.2. The SMILES string of the molecule is CCC1(C2CCCc3ccccc32)CNCCN1c1ccc(OS(=O)(=O)C(F)(F)F)cc1. The standard InChI is InChI=1S/C23H27F3N2O3S/c1-2-22(21-9-5-7-17-6-3-4-8-20(17)21)16-27-14-15-28(22)18-10-12-19(13-11-18)31-32(29,30)23(24,25)26/h3-4,6,8,10-13,21,27H,2,5,7,9,14-16H2,1H3. The van der Waals surface area contributed by atoms with Gasteiger partial charge in [0.25, 0.3) is 0 Å². The Morgan fingerprint density at radius 2 is 1.88 bits per heavy atom. The Labute approximate surface area is 186 Å². The van der Waals surface area contributed by atoms with E-state index < -0.39 is 15.6 Å². The van der Waals surface area contributed by atoms with Crippen LogP contribution in [0.4, 0.5) is 18.9 Å². The predicted octanol–water partition coefficient (Wildman–Crippen LogP) is 4.59. The Balaban J connectivity index is 1.67. The average Bonchev–Trinajstić information content (AvgIpc) is 2.78. The topological polar surface area (TPSA) is 58.6 Å². The van der Waals surface area contributed by atoms with Gasteiger partial charge in [0.05, 0.1) is 5.54 Å². The third-order valence-electron chi connectivity index (χ3n) is 6.75. The number of rotatable bonds is 5. The molecule has 0 bridgehead atoms. The average molecular weight is 469 g/mol. The minimum Gasteiger partial charge on any atom is -0.376 e. The summed E-state index contributed by atoms with van der Waals surface area (Å²) in [4.78, 5) is 2.33. The van der Waals surface area contributed by atoms with E-state index in [0.717, 1.165) is 51.0 Å². The first-order valence-corrected chi connectivity index (χ1v) is 12.3. The summed E-state index contributed by atoms with van der Waals surface area (Å²) in [5.74, 6) is -0.0434. The molecule has 0 amide bonds. The molecule has 0 spiro atoms. The molecule has 2 aliphatic rings. The van der Waals surface area contributed by atoms with Crippen molar-refractivity contribution < 1.29 is 25.8 Å². The van der Waals surface area contributed by atoms with E-state index >= 15 is 0 Å². The van der Waals surface area contributed by atoms with Gasteiger partial charge in [-0.15, -0.1) is 0 Å². The van der Waals surface area contributed by atoms with Gasteiger partial charge in [-0.05, 0) is 61.1 Å². The summed E-state index contributed by atoms with van der Waals surface area (Å²) < 4.78 is 64.8. The highest BCUT2D eigenvalue weighted by Gasteiger charge is 2.49. The summed E-state index contributed by atoms with van der Waals surface area (Å²) in [6, 6.07) is 14.4. The smallest absolute Gasteiger partial charge is 0.376 e. The largest absolute Gasteiger partial charge is 0.534 e. The van der Waals surface area contributed by atoms with E-state index in [4.69, 9.17) is 0 Å². The Bertz CT molecular complexity index is 1060. The van der Waals surface area contributed by atoms with Gasteiger partial charge >= 0.3 is 15.6 Å². The summed E-state index contributed by atoms with van der Waals surface area (Å²) in [6.45, 7) is 4.50. The van der Waals surface area contributed by atoms with Crippen molar-refractivity contribution in [2.24, 2.45) is 0 Å². The molecule has 1 saturated heterocycles. The number of aryl methyl sites for hydroxylation is 1. The van der Waals surface area contributed by atoms with Crippen LogP contribution in [0.5, 0.6) is 5.75 Å². The molecule has 1 aliphatic carbocycles. The maximum absolute atomic E-state index is 12.6. The Hall–Kier alpha value is -2.26. The third kappa shape index (κ3) is 4.08. The highest BCUT2D eigenvalue weighted by atomic mass is 32.2. The van der Waals surface area contributed by atoms with Crippen molar-refractivity contribution in [1.29, 1.82) is 0 Å². The second-order valence-corrected chi connectivity index (χ2v) is 9.94. The van der Waals surface area contributed by atoms with E-state index in [9.17, 15) is 21.6 Å². The van der Waals surface area contributed by atoms with Gasteiger partial charge in [-0.25, -0.2) is 0 Å². The number of halogens is 3. The maximum atomic E-state index is 12.6. The molecule has 1 N–H and O–H groups in total. The number of fused-ring (bicyclic) bond motifs is 1. The van der Waals surface area contributed by atoms with E-state index in [1.54, 1.807) is 12.1 Å². The molecule has 0 saturated carbocycles. The van der Waals surface area contributed by atoms with Crippen molar-refractivity contribution in [2.75, 3.05) is 24.5 Å².